The van der Waals surface area contributed by atoms with Crippen molar-refractivity contribution in [2.24, 2.45) is 0 Å². The van der Waals surface area contributed by atoms with Crippen LogP contribution in [0.15, 0.2) is 0 Å². The molecular weight excluding hydrogens is 357 g/mol. The molecule has 1 rings (SSSR count). The van der Waals surface area contributed by atoms with Gasteiger partial charge in [0, 0.05) is 0 Å². The molecule has 0 bridgehead atoms. The Bertz CT molecular complexity index is 109. The summed E-state index contributed by atoms with van der Waals surface area (Å²) >= 11 is 16.5. The van der Waals surface area contributed by atoms with Crippen molar-refractivity contribution in [3.8, 4) is 0 Å². The second kappa shape index (κ2) is 3.67. The second-order valence-electron chi connectivity index (χ2n) is 1.68. The van der Waals surface area contributed by atoms with Gasteiger partial charge in [-0.25, -0.2) is 0 Å². The van der Waals surface area contributed by atoms with Gasteiger partial charge in [0.2, 0.25) is 0 Å². The molecule has 0 saturated carbocycles. The van der Waals surface area contributed by atoms with Gasteiger partial charge in [-0.3, -0.25) is 0 Å². The molecule has 1 heterocycles. The Morgan fingerprint density at radius 1 is 1.67 bits per heavy atom. The third-order valence-electron chi connectivity index (χ3n) is 0.819. The fourth-order valence-corrected chi connectivity index (χ4v) is 11.2. The number of hydrogen-bond acceptors (Lipinski definition) is 0. The van der Waals surface area contributed by atoms with E-state index in [1.54, 1.807) is 0 Å². The Morgan fingerprint density at radius 2 is 2.33 bits per heavy atom. The molecule has 0 nitrogen and oxygen atoms in total. The SMILES string of the molecule is ClC1C[Se]CC(Cl)(Br)[Se]1. The molecule has 0 aromatic rings. The van der Waals surface area contributed by atoms with Crippen LogP contribution in [0.4, 0.5) is 0 Å². The third-order valence-corrected chi connectivity index (χ3v) is 11.3. The molecule has 2 unspecified atom stereocenters. The molecule has 0 radical (unpaired) electrons. The Balaban J connectivity index is 2.41. The van der Waals surface area contributed by atoms with Crippen LogP contribution in [0.5, 0.6) is 0 Å². The van der Waals surface area contributed by atoms with Gasteiger partial charge < -0.3 is 0 Å². The zero-order valence-electron chi connectivity index (χ0n) is 4.44. The predicted molar refractivity (Wildman–Crippen MR) is 48.3 cm³/mol. The number of hydrogen-bond donors (Lipinski definition) is 0. The molecule has 0 amide bonds. The summed E-state index contributed by atoms with van der Waals surface area (Å²) in [7, 11) is 0. The molecule has 5 heteroatoms. The minimum absolute atomic E-state index is 0.106. The Labute approximate surface area is 85.9 Å². The second-order valence-corrected chi connectivity index (χ2v) is 12.3. The van der Waals surface area contributed by atoms with E-state index in [0.29, 0.717) is 34.2 Å². The van der Waals surface area contributed by atoms with Crippen molar-refractivity contribution < 1.29 is 0 Å². The van der Waals surface area contributed by atoms with Crippen LogP contribution in [0.2, 0.25) is 10.6 Å². The summed E-state index contributed by atoms with van der Waals surface area (Å²) in [5.41, 5.74) is 0. The first-order valence-electron chi connectivity index (χ1n) is 2.38. The van der Waals surface area contributed by atoms with Gasteiger partial charge in [-0.2, -0.15) is 0 Å². The Kier molecular flexibility index (Phi) is 3.74. The average molecular weight is 362 g/mol. The van der Waals surface area contributed by atoms with Gasteiger partial charge in [0.25, 0.3) is 0 Å². The topological polar surface area (TPSA) is 0 Å². The Morgan fingerprint density at radius 3 is 2.67 bits per heavy atom. The summed E-state index contributed by atoms with van der Waals surface area (Å²) in [6.07, 6.45) is 0. The summed E-state index contributed by atoms with van der Waals surface area (Å²) in [6.45, 7) is 0. The fraction of sp³-hybridized carbons (Fsp3) is 1.00. The number of halogens is 3. The first-order chi connectivity index (χ1) is 4.10. The maximum atomic E-state index is 6.04. The van der Waals surface area contributed by atoms with Crippen LogP contribution in [-0.4, -0.2) is 36.9 Å². The molecule has 1 fully saturated rings. The van der Waals surface area contributed by atoms with Crippen molar-refractivity contribution in [3.05, 3.63) is 0 Å². The molecule has 0 spiro atoms. The van der Waals surface area contributed by atoms with E-state index in [1.165, 1.54) is 5.32 Å². The average Bonchev–Trinajstić information content (AvgIpc) is 1.60. The first kappa shape index (κ1) is 9.19. The summed E-state index contributed by atoms with van der Waals surface area (Å²) < 4.78 is 0.258. The first-order valence-corrected chi connectivity index (χ1v) is 8.25. The van der Waals surface area contributed by atoms with Gasteiger partial charge in [-0.1, -0.05) is 0 Å². The number of rotatable bonds is 0. The van der Waals surface area contributed by atoms with Crippen LogP contribution in [-0.2, 0) is 0 Å². The normalized spacial score (nSPS) is 45.0. The van der Waals surface area contributed by atoms with Gasteiger partial charge in [0.15, 0.2) is 0 Å². The molecule has 0 aromatic heterocycles. The molecule has 0 aliphatic carbocycles. The van der Waals surface area contributed by atoms with E-state index < -0.39 is 0 Å². The van der Waals surface area contributed by atoms with Crippen LogP contribution in [0, 0.1) is 0 Å². The standard InChI is InChI=1S/C4H5BrCl2Se2/c5-4(7)2-8-1-3(6)9-4/h3H,1-2H2. The molecule has 2 atom stereocenters. The molecule has 1 aliphatic heterocycles. The van der Waals surface area contributed by atoms with Gasteiger partial charge in [-0.05, 0) is 0 Å². The zero-order chi connectivity index (χ0) is 6.91. The van der Waals surface area contributed by atoms with Crippen molar-refractivity contribution in [2.45, 2.75) is 17.6 Å². The van der Waals surface area contributed by atoms with E-state index in [4.69, 9.17) is 23.2 Å². The molecule has 1 saturated heterocycles. The van der Waals surface area contributed by atoms with Crippen molar-refractivity contribution in [1.29, 1.82) is 0 Å². The van der Waals surface area contributed by atoms with Crippen molar-refractivity contribution in [3.63, 3.8) is 0 Å². The van der Waals surface area contributed by atoms with Gasteiger partial charge in [0.1, 0.15) is 0 Å². The zero-order valence-corrected chi connectivity index (χ0v) is 11.0. The van der Waals surface area contributed by atoms with Crippen LogP contribution >= 0.6 is 39.1 Å². The van der Waals surface area contributed by atoms with Gasteiger partial charge in [-0.15, -0.1) is 0 Å². The van der Waals surface area contributed by atoms with Crippen LogP contribution in [0.25, 0.3) is 0 Å². The predicted octanol–water partition coefficient (Wildman–Crippen LogP) is 2.10. The van der Waals surface area contributed by atoms with E-state index in [2.05, 4.69) is 15.9 Å². The molecule has 0 N–H and O–H groups in total. The van der Waals surface area contributed by atoms with Gasteiger partial charge >= 0.3 is 86.6 Å². The summed E-state index contributed by atoms with van der Waals surface area (Å²) in [5, 5.41) is 2.33. The van der Waals surface area contributed by atoms with Crippen molar-refractivity contribution in [1.82, 2.24) is 0 Å². The monoisotopic (exact) mass is 362 g/mol. The molecule has 54 valence electrons. The summed E-state index contributed by atoms with van der Waals surface area (Å²) in [4.78, 5) is 0. The fourth-order valence-electron chi connectivity index (χ4n) is 0.526. The molecule has 9 heavy (non-hydrogen) atoms. The Hall–Kier alpha value is 2.10. The van der Waals surface area contributed by atoms with E-state index in [1.807, 2.05) is 0 Å². The number of alkyl halides is 3. The van der Waals surface area contributed by atoms with E-state index in [0.717, 1.165) is 5.32 Å². The molecule has 0 aromatic carbocycles. The quantitative estimate of drug-likeness (QED) is 0.458. The van der Waals surface area contributed by atoms with Crippen molar-refractivity contribution in [2.75, 3.05) is 0 Å². The van der Waals surface area contributed by atoms with Crippen LogP contribution < -0.4 is 0 Å². The third kappa shape index (κ3) is 3.33. The molecular formula is C4H5BrCl2Se2. The molecule has 1 aliphatic rings. The van der Waals surface area contributed by atoms with Gasteiger partial charge in [0.05, 0.1) is 0 Å². The van der Waals surface area contributed by atoms with E-state index in [-0.39, 0.29) is 2.68 Å². The van der Waals surface area contributed by atoms with Crippen LogP contribution in [0.1, 0.15) is 0 Å². The maximum absolute atomic E-state index is 6.04. The van der Waals surface area contributed by atoms with E-state index >= 15 is 0 Å². The summed E-state index contributed by atoms with van der Waals surface area (Å²) in [6, 6.07) is 0. The van der Waals surface area contributed by atoms with E-state index in [9.17, 15) is 0 Å². The minimum atomic E-state index is -0.106. The van der Waals surface area contributed by atoms with Crippen LogP contribution in [0.3, 0.4) is 0 Å². The van der Waals surface area contributed by atoms with Crippen molar-refractivity contribution >= 4 is 69.0 Å². The summed E-state index contributed by atoms with van der Waals surface area (Å²) in [5.74, 6) is 0.